The summed E-state index contributed by atoms with van der Waals surface area (Å²) in [6, 6.07) is 6.99. The van der Waals surface area contributed by atoms with E-state index in [2.05, 4.69) is 0 Å². The Bertz CT molecular complexity index is 685. The van der Waals surface area contributed by atoms with Gasteiger partial charge in [0.1, 0.15) is 23.1 Å². The molecule has 1 amide bonds. The summed E-state index contributed by atoms with van der Waals surface area (Å²) < 4.78 is 10.6. The highest BCUT2D eigenvalue weighted by molar-refractivity contribution is 6.32. The maximum Gasteiger partial charge on any atom is 0.300 e. The zero-order valence-electron chi connectivity index (χ0n) is 10.5. The van der Waals surface area contributed by atoms with Crippen molar-refractivity contribution in [2.75, 3.05) is 0 Å². The Morgan fingerprint density at radius 2 is 2.19 bits per heavy atom. The molecule has 2 aromatic rings. The first-order valence-corrected chi connectivity index (χ1v) is 6.05. The number of rotatable bonds is 5. The van der Waals surface area contributed by atoms with Gasteiger partial charge in [0.25, 0.3) is 5.69 Å². The molecule has 2 rings (SSSR count). The van der Waals surface area contributed by atoms with Crippen molar-refractivity contribution < 1.29 is 18.9 Å². The molecule has 0 fully saturated rings. The number of carbonyl (C=O) groups is 1. The lowest BCUT2D eigenvalue weighted by atomic mass is 10.3. The summed E-state index contributed by atoms with van der Waals surface area (Å²) in [7, 11) is 0. The Kier molecular flexibility index (Phi) is 4.41. The smallest absolute Gasteiger partial charge is 0.300 e. The second-order valence-electron chi connectivity index (χ2n) is 3.90. The maximum absolute atomic E-state index is 11.2. The summed E-state index contributed by atoms with van der Waals surface area (Å²) in [4.78, 5) is 21.2. The van der Waals surface area contributed by atoms with Gasteiger partial charge in [-0.1, -0.05) is 11.6 Å². The number of hydrogen-bond acceptors (Lipinski definition) is 6. The van der Waals surface area contributed by atoms with Crippen LogP contribution in [-0.2, 0) is 6.61 Å². The average Bonchev–Trinajstić information content (AvgIpc) is 2.92. The third-order valence-corrected chi connectivity index (χ3v) is 2.82. The van der Waals surface area contributed by atoms with Crippen LogP contribution in [0.2, 0.25) is 5.02 Å². The molecular weight excluding hydrogens is 302 g/mol. The largest absolute Gasteiger partial charge is 0.486 e. The minimum atomic E-state index is -0.587. The number of benzene rings is 1. The highest BCUT2D eigenvalue weighted by atomic mass is 35.5. The first kappa shape index (κ1) is 14.8. The van der Waals surface area contributed by atoms with Gasteiger partial charge < -0.3 is 9.15 Å². The zero-order chi connectivity index (χ0) is 15.4. The summed E-state index contributed by atoms with van der Waals surface area (Å²) in [6.45, 7) is 0.0337. The van der Waals surface area contributed by atoms with Crippen LogP contribution >= 0.6 is 11.6 Å². The van der Waals surface area contributed by atoms with Gasteiger partial charge in [-0.25, -0.2) is 5.84 Å². The van der Waals surface area contributed by atoms with E-state index in [0.29, 0.717) is 11.5 Å². The van der Waals surface area contributed by atoms with E-state index < -0.39 is 10.8 Å². The zero-order valence-corrected chi connectivity index (χ0v) is 11.3. The third kappa shape index (κ3) is 3.50. The number of nitrogens with zero attached hydrogens (tertiary/aromatic N) is 1. The monoisotopic (exact) mass is 311 g/mol. The highest BCUT2D eigenvalue weighted by Crippen LogP contribution is 2.28. The Labute approximate surface area is 123 Å². The first-order valence-electron chi connectivity index (χ1n) is 5.67. The van der Waals surface area contributed by atoms with Crippen molar-refractivity contribution in [2.24, 2.45) is 5.84 Å². The number of ether oxygens (including phenoxy) is 1. The minimum Gasteiger partial charge on any atom is -0.486 e. The number of furan rings is 1. The van der Waals surface area contributed by atoms with Crippen molar-refractivity contribution in [3.63, 3.8) is 0 Å². The van der Waals surface area contributed by atoms with E-state index in [4.69, 9.17) is 26.6 Å². The fourth-order valence-electron chi connectivity index (χ4n) is 1.53. The van der Waals surface area contributed by atoms with E-state index in [1.165, 1.54) is 24.3 Å². The molecule has 0 aliphatic carbocycles. The number of hydrazine groups is 1. The van der Waals surface area contributed by atoms with Gasteiger partial charge >= 0.3 is 5.91 Å². The van der Waals surface area contributed by atoms with Crippen molar-refractivity contribution in [3.05, 3.63) is 57.0 Å². The van der Waals surface area contributed by atoms with Gasteiger partial charge in [-0.15, -0.1) is 0 Å². The predicted octanol–water partition coefficient (Wildman–Crippen LogP) is 2.02. The number of hydrogen-bond donors (Lipinski definition) is 2. The van der Waals surface area contributed by atoms with E-state index in [1.54, 1.807) is 6.07 Å². The quantitative estimate of drug-likeness (QED) is 0.377. The number of nitrogens with two attached hydrogens (primary N) is 1. The molecular formula is C12H10ClN3O5. The van der Waals surface area contributed by atoms with E-state index in [0.717, 1.165) is 0 Å². The molecule has 0 spiro atoms. The van der Waals surface area contributed by atoms with Crippen LogP contribution in [0.25, 0.3) is 0 Å². The molecule has 21 heavy (non-hydrogen) atoms. The Morgan fingerprint density at radius 3 is 2.81 bits per heavy atom. The number of nitro groups is 1. The van der Waals surface area contributed by atoms with Gasteiger partial charge in [-0.2, -0.15) is 0 Å². The fraction of sp³-hybridized carbons (Fsp3) is 0.0833. The van der Waals surface area contributed by atoms with Crippen molar-refractivity contribution >= 4 is 23.2 Å². The van der Waals surface area contributed by atoms with Gasteiger partial charge in [-0.05, 0) is 18.2 Å². The molecule has 1 aromatic carbocycles. The van der Waals surface area contributed by atoms with Crippen LogP contribution in [0.4, 0.5) is 5.69 Å². The van der Waals surface area contributed by atoms with Crippen LogP contribution in [0.5, 0.6) is 5.75 Å². The molecule has 110 valence electrons. The SMILES string of the molecule is NNC(=O)c1ccc(COc2ccc([N+](=O)[O-])c(Cl)c2)o1. The molecule has 3 N–H and O–H groups in total. The molecule has 1 aromatic heterocycles. The van der Waals surface area contributed by atoms with E-state index in [1.807, 2.05) is 5.43 Å². The van der Waals surface area contributed by atoms with Gasteiger partial charge in [0, 0.05) is 12.1 Å². The standard InChI is InChI=1S/C12H10ClN3O5/c13-9-5-7(1-3-10(9)16(18)19)20-6-8-2-4-11(21-8)12(17)15-14/h1-5H,6,14H2,(H,15,17). The lowest BCUT2D eigenvalue weighted by molar-refractivity contribution is -0.384. The summed E-state index contributed by atoms with van der Waals surface area (Å²) in [5, 5.41) is 10.6. The van der Waals surface area contributed by atoms with E-state index >= 15 is 0 Å². The summed E-state index contributed by atoms with van der Waals surface area (Å²) in [5.74, 6) is 5.20. The molecule has 0 saturated heterocycles. The summed E-state index contributed by atoms with van der Waals surface area (Å²) in [5.41, 5.74) is 1.73. The lowest BCUT2D eigenvalue weighted by Crippen LogP contribution is -2.29. The fourth-order valence-corrected chi connectivity index (χ4v) is 1.77. The van der Waals surface area contributed by atoms with Crippen molar-refractivity contribution in [2.45, 2.75) is 6.61 Å². The number of nitrogens with one attached hydrogen (secondary N) is 1. The molecule has 9 heteroatoms. The molecule has 0 unspecified atom stereocenters. The summed E-state index contributed by atoms with van der Waals surface area (Å²) in [6.07, 6.45) is 0. The van der Waals surface area contributed by atoms with Crippen molar-refractivity contribution in [1.82, 2.24) is 5.43 Å². The molecule has 1 heterocycles. The van der Waals surface area contributed by atoms with Crippen LogP contribution < -0.4 is 16.0 Å². The van der Waals surface area contributed by atoms with Crippen LogP contribution in [-0.4, -0.2) is 10.8 Å². The van der Waals surface area contributed by atoms with Gasteiger partial charge in [0.2, 0.25) is 0 Å². The average molecular weight is 312 g/mol. The lowest BCUT2D eigenvalue weighted by Gasteiger charge is -2.04. The van der Waals surface area contributed by atoms with Crippen LogP contribution in [0.1, 0.15) is 16.3 Å². The summed E-state index contributed by atoms with van der Waals surface area (Å²) >= 11 is 5.76. The molecule has 0 aliphatic rings. The normalized spacial score (nSPS) is 10.2. The number of nitrogen functional groups attached to an aromatic ring is 1. The topological polar surface area (TPSA) is 121 Å². The van der Waals surface area contributed by atoms with Crippen molar-refractivity contribution in [3.8, 4) is 5.75 Å². The number of carbonyl (C=O) groups excluding carboxylic acids is 1. The van der Waals surface area contributed by atoms with Gasteiger partial charge in [0.05, 0.1) is 4.92 Å². The van der Waals surface area contributed by atoms with Crippen LogP contribution in [0.15, 0.2) is 34.7 Å². The number of amides is 1. The van der Waals surface area contributed by atoms with E-state index in [9.17, 15) is 14.9 Å². The Morgan fingerprint density at radius 1 is 1.43 bits per heavy atom. The molecule has 0 radical (unpaired) electrons. The second kappa shape index (κ2) is 6.25. The van der Waals surface area contributed by atoms with Gasteiger partial charge in [0.15, 0.2) is 5.76 Å². The maximum atomic E-state index is 11.2. The molecule has 8 nitrogen and oxygen atoms in total. The molecule has 0 bridgehead atoms. The third-order valence-electron chi connectivity index (χ3n) is 2.51. The second-order valence-corrected chi connectivity index (χ2v) is 4.31. The number of nitro benzene ring substituents is 1. The molecule has 0 saturated carbocycles. The Hall–Kier alpha value is -2.58. The van der Waals surface area contributed by atoms with Gasteiger partial charge in [-0.3, -0.25) is 20.3 Å². The number of halogens is 1. The van der Waals surface area contributed by atoms with E-state index in [-0.39, 0.29) is 23.1 Å². The Balaban J connectivity index is 2.03. The molecule has 0 aliphatic heterocycles. The van der Waals surface area contributed by atoms with Crippen molar-refractivity contribution in [1.29, 1.82) is 0 Å². The van der Waals surface area contributed by atoms with Crippen LogP contribution in [0, 0.1) is 10.1 Å². The highest BCUT2D eigenvalue weighted by Gasteiger charge is 2.13. The predicted molar refractivity (Wildman–Crippen MR) is 72.8 cm³/mol. The van der Waals surface area contributed by atoms with Crippen LogP contribution in [0.3, 0.4) is 0 Å². The first-order chi connectivity index (χ1) is 10.0. The molecule has 0 atom stereocenters. The minimum absolute atomic E-state index is 0.0276.